The predicted octanol–water partition coefficient (Wildman–Crippen LogP) is 4.39. The summed E-state index contributed by atoms with van der Waals surface area (Å²) in [5.74, 6) is -1.46. The van der Waals surface area contributed by atoms with Crippen molar-refractivity contribution in [3.05, 3.63) is 69.7 Å². The van der Waals surface area contributed by atoms with Crippen molar-refractivity contribution in [2.45, 2.75) is 25.9 Å². The number of allylic oxidation sites excluding steroid dienone is 3. The van der Waals surface area contributed by atoms with Gasteiger partial charge in [0.25, 0.3) is 0 Å². The molecular weight excluding hydrogens is 367 g/mol. The van der Waals surface area contributed by atoms with E-state index in [-0.39, 0.29) is 40.1 Å². The Labute approximate surface area is 154 Å². The molecule has 8 heteroatoms. The highest BCUT2D eigenvalue weighted by Gasteiger charge is 2.45. The van der Waals surface area contributed by atoms with Crippen molar-refractivity contribution in [2.75, 3.05) is 6.61 Å². The first-order valence-electron chi connectivity index (χ1n) is 7.78. The smallest absolute Gasteiger partial charge is 0.433 e. The fourth-order valence-corrected chi connectivity index (χ4v) is 3.13. The van der Waals surface area contributed by atoms with Gasteiger partial charge in [0.15, 0.2) is 5.70 Å². The molecule has 0 radical (unpaired) electrons. The summed E-state index contributed by atoms with van der Waals surface area (Å²) < 4.78 is 46.3. The van der Waals surface area contributed by atoms with Crippen molar-refractivity contribution in [1.29, 1.82) is 0 Å². The van der Waals surface area contributed by atoms with E-state index in [1.165, 1.54) is 0 Å². The minimum absolute atomic E-state index is 0.141. The van der Waals surface area contributed by atoms with Crippen LogP contribution in [0, 0.1) is 0 Å². The van der Waals surface area contributed by atoms with E-state index in [4.69, 9.17) is 27.8 Å². The van der Waals surface area contributed by atoms with Gasteiger partial charge >= 0.3 is 6.18 Å². The van der Waals surface area contributed by atoms with Gasteiger partial charge in [-0.15, -0.1) is 0 Å². The lowest BCUT2D eigenvalue weighted by Gasteiger charge is -2.32. The van der Waals surface area contributed by atoms with Crippen molar-refractivity contribution in [2.24, 2.45) is 16.5 Å². The van der Waals surface area contributed by atoms with Crippen LogP contribution in [-0.2, 0) is 4.74 Å². The molecule has 1 aliphatic rings. The van der Waals surface area contributed by atoms with E-state index < -0.39 is 17.8 Å². The molecule has 0 amide bonds. The zero-order valence-electron chi connectivity index (χ0n) is 14.3. The molecule has 1 heterocycles. The van der Waals surface area contributed by atoms with Gasteiger partial charge in [-0.2, -0.15) is 13.2 Å². The number of hydrogen-bond donors (Lipinski definition) is 2. The second kappa shape index (κ2) is 7.45. The number of aliphatic imine (C=N–C) groups is 1. The average Bonchev–Trinajstić information content (AvgIpc) is 2.53. The minimum atomic E-state index is -4.76. The summed E-state index contributed by atoms with van der Waals surface area (Å²) in [4.78, 5) is 3.57. The van der Waals surface area contributed by atoms with Gasteiger partial charge in [-0.1, -0.05) is 36.4 Å². The van der Waals surface area contributed by atoms with Gasteiger partial charge in [0.2, 0.25) is 0 Å². The fourth-order valence-electron chi connectivity index (χ4n) is 2.88. The highest BCUT2D eigenvalue weighted by molar-refractivity contribution is 6.31. The second-order valence-electron chi connectivity index (χ2n) is 5.66. The molecule has 0 saturated heterocycles. The molecule has 26 heavy (non-hydrogen) atoms. The SMILES string of the molecule is C=C(OCC)C1=C(C(F)(F)F)N=C(N)/C(=C(/C)N)C1c1ccccc1Cl. The summed E-state index contributed by atoms with van der Waals surface area (Å²) in [6.07, 6.45) is -4.76. The molecule has 1 aromatic rings. The van der Waals surface area contributed by atoms with Gasteiger partial charge in [0.1, 0.15) is 11.6 Å². The van der Waals surface area contributed by atoms with Crippen molar-refractivity contribution in [3.63, 3.8) is 0 Å². The van der Waals surface area contributed by atoms with Crippen LogP contribution in [0.25, 0.3) is 0 Å². The third kappa shape index (κ3) is 3.72. The number of amidine groups is 1. The van der Waals surface area contributed by atoms with E-state index in [2.05, 4.69) is 11.6 Å². The number of nitrogens with zero attached hydrogens (tertiary/aromatic N) is 1. The van der Waals surface area contributed by atoms with E-state index in [0.717, 1.165) is 0 Å². The molecule has 140 valence electrons. The van der Waals surface area contributed by atoms with Crippen molar-refractivity contribution < 1.29 is 17.9 Å². The summed E-state index contributed by atoms with van der Waals surface area (Å²) in [6, 6.07) is 6.54. The Hall–Kier alpha value is -2.41. The highest BCUT2D eigenvalue weighted by Crippen LogP contribution is 2.47. The third-order valence-electron chi connectivity index (χ3n) is 3.87. The molecule has 0 bridgehead atoms. The Morgan fingerprint density at radius 1 is 1.35 bits per heavy atom. The van der Waals surface area contributed by atoms with E-state index in [1.54, 1.807) is 38.1 Å². The summed E-state index contributed by atoms with van der Waals surface area (Å²) >= 11 is 6.27. The number of nitrogens with two attached hydrogens (primary N) is 2. The van der Waals surface area contributed by atoms with Gasteiger partial charge < -0.3 is 16.2 Å². The Morgan fingerprint density at radius 2 is 1.96 bits per heavy atom. The molecule has 0 fully saturated rings. The topological polar surface area (TPSA) is 73.6 Å². The lowest BCUT2D eigenvalue weighted by atomic mass is 9.79. The predicted molar refractivity (Wildman–Crippen MR) is 96.5 cm³/mol. The number of halogens is 4. The first kappa shape index (κ1) is 19.9. The van der Waals surface area contributed by atoms with Crippen LogP contribution in [0.3, 0.4) is 0 Å². The largest absolute Gasteiger partial charge is 0.494 e. The molecule has 4 N–H and O–H groups in total. The first-order valence-corrected chi connectivity index (χ1v) is 8.16. The standard InChI is InChI=1S/C18H19ClF3N3O/c1-4-26-10(3)14-15(11-7-5-6-8-12(11)19)13(9(2)23)17(24)25-16(14)18(20,21)22/h5-8,15H,3-4,23H2,1-2H3,(H2,24,25)/b13-9-. The van der Waals surface area contributed by atoms with Gasteiger partial charge in [0, 0.05) is 27.8 Å². The number of rotatable bonds is 4. The molecule has 1 unspecified atom stereocenters. The molecule has 1 atom stereocenters. The monoisotopic (exact) mass is 385 g/mol. The average molecular weight is 386 g/mol. The second-order valence-corrected chi connectivity index (χ2v) is 6.07. The normalized spacial score (nSPS) is 19.9. The first-order chi connectivity index (χ1) is 12.1. The zero-order valence-corrected chi connectivity index (χ0v) is 15.1. The number of hydrogen-bond acceptors (Lipinski definition) is 4. The van der Waals surface area contributed by atoms with Gasteiger partial charge in [-0.05, 0) is 25.5 Å². The van der Waals surface area contributed by atoms with Crippen LogP contribution in [0.2, 0.25) is 5.02 Å². The molecule has 4 nitrogen and oxygen atoms in total. The van der Waals surface area contributed by atoms with Crippen LogP contribution in [0.5, 0.6) is 0 Å². The molecule has 1 aromatic carbocycles. The van der Waals surface area contributed by atoms with Crippen LogP contribution in [-0.4, -0.2) is 18.6 Å². The minimum Gasteiger partial charge on any atom is -0.494 e. The van der Waals surface area contributed by atoms with Crippen molar-refractivity contribution in [1.82, 2.24) is 0 Å². The molecule has 0 aliphatic carbocycles. The van der Waals surface area contributed by atoms with E-state index in [0.29, 0.717) is 5.56 Å². The molecule has 1 aliphatic heterocycles. The maximum absolute atomic E-state index is 13.7. The molecular formula is C18H19ClF3N3O. The maximum atomic E-state index is 13.7. The zero-order chi connectivity index (χ0) is 19.6. The maximum Gasteiger partial charge on any atom is 0.433 e. The Morgan fingerprint density at radius 3 is 2.46 bits per heavy atom. The van der Waals surface area contributed by atoms with E-state index in [1.807, 2.05) is 0 Å². The van der Waals surface area contributed by atoms with Gasteiger partial charge in [-0.3, -0.25) is 0 Å². The number of alkyl halides is 3. The molecule has 0 saturated carbocycles. The Kier molecular flexibility index (Phi) is 5.71. The van der Waals surface area contributed by atoms with E-state index >= 15 is 0 Å². The van der Waals surface area contributed by atoms with Crippen LogP contribution in [0.4, 0.5) is 13.2 Å². The lowest BCUT2D eigenvalue weighted by molar-refractivity contribution is -0.0937. The quantitative estimate of drug-likeness (QED) is 0.755. The summed E-state index contributed by atoms with van der Waals surface area (Å²) in [5.41, 5.74) is 11.3. The Balaban J connectivity index is 2.89. The van der Waals surface area contributed by atoms with Crippen LogP contribution in [0.1, 0.15) is 25.3 Å². The lowest BCUT2D eigenvalue weighted by Crippen LogP contribution is -2.32. The number of ether oxygens (including phenoxy) is 1. The van der Waals surface area contributed by atoms with Crippen molar-refractivity contribution >= 4 is 17.4 Å². The highest BCUT2D eigenvalue weighted by atomic mass is 35.5. The van der Waals surface area contributed by atoms with Gasteiger partial charge in [-0.25, -0.2) is 4.99 Å². The van der Waals surface area contributed by atoms with Crippen LogP contribution >= 0.6 is 11.6 Å². The third-order valence-corrected chi connectivity index (χ3v) is 4.21. The Bertz CT molecular complexity index is 821. The summed E-state index contributed by atoms with van der Waals surface area (Å²) in [6.45, 7) is 6.99. The molecule has 0 spiro atoms. The number of benzene rings is 1. The van der Waals surface area contributed by atoms with Crippen molar-refractivity contribution in [3.8, 4) is 0 Å². The van der Waals surface area contributed by atoms with Gasteiger partial charge in [0.05, 0.1) is 6.61 Å². The van der Waals surface area contributed by atoms with E-state index in [9.17, 15) is 13.2 Å². The van der Waals surface area contributed by atoms with Crippen LogP contribution in [0.15, 0.2) is 64.1 Å². The summed E-state index contributed by atoms with van der Waals surface area (Å²) in [7, 11) is 0. The molecule has 0 aromatic heterocycles. The summed E-state index contributed by atoms with van der Waals surface area (Å²) in [5, 5.41) is 0.272. The fraction of sp³-hybridized carbons (Fsp3) is 0.278. The molecule has 2 rings (SSSR count). The van der Waals surface area contributed by atoms with Crippen LogP contribution < -0.4 is 11.5 Å².